The molecule has 31 heavy (non-hydrogen) atoms. The van der Waals surface area contributed by atoms with Crippen LogP contribution in [0.3, 0.4) is 0 Å². The summed E-state index contributed by atoms with van der Waals surface area (Å²) in [5.41, 5.74) is 2.47. The number of aromatic amines is 1. The zero-order valence-electron chi connectivity index (χ0n) is 18.0. The number of aromatic nitrogens is 1. The summed E-state index contributed by atoms with van der Waals surface area (Å²) in [6, 6.07) is 14.4. The summed E-state index contributed by atoms with van der Waals surface area (Å²) in [5, 5.41) is 5.44. The van der Waals surface area contributed by atoms with Crippen LogP contribution in [0.25, 0.3) is 10.9 Å². The molecule has 166 valence electrons. The smallest absolute Gasteiger partial charge is 0.119 e. The van der Waals surface area contributed by atoms with Crippen LogP contribution in [0, 0.1) is 5.92 Å². The maximum Gasteiger partial charge on any atom is 0.119 e. The van der Waals surface area contributed by atoms with E-state index in [-0.39, 0.29) is 0 Å². The molecule has 4 rings (SSSR count). The molecule has 2 heterocycles. The number of piperidine rings is 1. The highest BCUT2D eigenvalue weighted by atomic mass is 35.5. The molecule has 1 aliphatic heterocycles. The summed E-state index contributed by atoms with van der Waals surface area (Å²) in [6.45, 7) is 4.12. The minimum Gasteiger partial charge on any atom is -0.494 e. The number of nitrogens with one attached hydrogen (secondary N) is 3. The number of ether oxygens (including phenoxy) is 1. The second-order valence-corrected chi connectivity index (χ2v) is 9.66. The van der Waals surface area contributed by atoms with Gasteiger partial charge in [0.2, 0.25) is 0 Å². The Bertz CT molecular complexity index is 938. The Morgan fingerprint density at radius 1 is 1.06 bits per heavy atom. The largest absolute Gasteiger partial charge is 0.494 e. The van der Waals surface area contributed by atoms with Gasteiger partial charge in [-0.3, -0.25) is 4.72 Å². The highest BCUT2D eigenvalue weighted by molar-refractivity contribution is 7.97. The topological polar surface area (TPSA) is 49.1 Å². The number of aryl methyl sites for hydroxylation is 1. The number of rotatable bonds is 11. The molecular weight excluding hydrogens is 426 g/mol. The van der Waals surface area contributed by atoms with Gasteiger partial charge in [0.15, 0.2) is 0 Å². The van der Waals surface area contributed by atoms with Gasteiger partial charge in [-0.25, -0.2) is 0 Å². The molecule has 2 aromatic carbocycles. The van der Waals surface area contributed by atoms with Gasteiger partial charge in [-0.05, 0) is 118 Å². The van der Waals surface area contributed by atoms with E-state index in [1.807, 2.05) is 18.2 Å². The summed E-state index contributed by atoms with van der Waals surface area (Å²) in [7, 11) is 0. The van der Waals surface area contributed by atoms with E-state index >= 15 is 0 Å². The Morgan fingerprint density at radius 2 is 1.90 bits per heavy atom. The van der Waals surface area contributed by atoms with Crippen molar-refractivity contribution in [2.75, 3.05) is 26.2 Å². The van der Waals surface area contributed by atoms with Crippen molar-refractivity contribution in [2.45, 2.75) is 43.4 Å². The van der Waals surface area contributed by atoms with E-state index in [1.54, 1.807) is 11.9 Å². The average molecular weight is 458 g/mol. The molecule has 4 nitrogen and oxygen atoms in total. The number of H-pyrrole nitrogens is 1. The molecule has 1 aliphatic rings. The summed E-state index contributed by atoms with van der Waals surface area (Å²) in [4.78, 5) is 4.53. The summed E-state index contributed by atoms with van der Waals surface area (Å²) >= 11 is 7.82. The van der Waals surface area contributed by atoms with E-state index < -0.39 is 0 Å². The first-order chi connectivity index (χ1) is 15.3. The third-order valence-corrected chi connectivity index (χ3v) is 7.04. The predicted molar refractivity (Wildman–Crippen MR) is 132 cm³/mol. The SMILES string of the molecule is Clc1ccc2[nH]cc(CCCNSc3ccc(OCCCC4CCNCC4)cc3)c2c1. The zero-order valence-corrected chi connectivity index (χ0v) is 19.5. The molecule has 0 saturated carbocycles. The third-order valence-electron chi connectivity index (χ3n) is 5.95. The Kier molecular flexibility index (Phi) is 8.59. The fourth-order valence-electron chi connectivity index (χ4n) is 4.18. The van der Waals surface area contributed by atoms with Gasteiger partial charge in [0.05, 0.1) is 6.61 Å². The quantitative estimate of drug-likeness (QED) is 0.236. The molecule has 1 aromatic heterocycles. The second kappa shape index (κ2) is 11.8. The molecule has 1 fully saturated rings. The van der Waals surface area contributed by atoms with Crippen LogP contribution in [-0.2, 0) is 6.42 Å². The number of hydrogen-bond donors (Lipinski definition) is 3. The fraction of sp³-hybridized carbons (Fsp3) is 0.440. The lowest BCUT2D eigenvalue weighted by molar-refractivity contribution is 0.273. The molecule has 0 aliphatic carbocycles. The van der Waals surface area contributed by atoms with E-state index in [2.05, 4.69) is 45.5 Å². The van der Waals surface area contributed by atoms with Gasteiger partial charge in [0.25, 0.3) is 0 Å². The minimum absolute atomic E-state index is 0.788. The molecule has 0 atom stereocenters. The van der Waals surface area contributed by atoms with Gasteiger partial charge >= 0.3 is 0 Å². The Balaban J connectivity index is 1.11. The van der Waals surface area contributed by atoms with Crippen molar-refractivity contribution in [1.29, 1.82) is 0 Å². The van der Waals surface area contributed by atoms with Gasteiger partial charge in [-0.2, -0.15) is 0 Å². The van der Waals surface area contributed by atoms with Crippen LogP contribution in [0.1, 0.15) is 37.7 Å². The highest BCUT2D eigenvalue weighted by Gasteiger charge is 2.12. The van der Waals surface area contributed by atoms with Crippen LogP contribution in [0.15, 0.2) is 53.6 Å². The van der Waals surface area contributed by atoms with Crippen LogP contribution in [0.5, 0.6) is 5.75 Å². The van der Waals surface area contributed by atoms with Gasteiger partial charge in [-0.15, -0.1) is 0 Å². The first kappa shape index (κ1) is 22.5. The standard InChI is InChI=1S/C25H32ClN3OS/c26-21-5-10-25-24(17-21)20(18-28-25)4-1-13-29-31-23-8-6-22(7-9-23)30-16-2-3-19-11-14-27-15-12-19/h5-10,17-19,27-29H,1-4,11-16H2. The fourth-order valence-corrected chi connectivity index (χ4v) is 5.04. The van der Waals surface area contributed by atoms with E-state index in [0.29, 0.717) is 0 Å². The van der Waals surface area contributed by atoms with Gasteiger partial charge in [-0.1, -0.05) is 11.6 Å². The molecule has 3 aromatic rings. The monoisotopic (exact) mass is 457 g/mol. The van der Waals surface area contributed by atoms with Crippen LogP contribution in [-0.4, -0.2) is 31.2 Å². The van der Waals surface area contributed by atoms with Crippen molar-refractivity contribution in [2.24, 2.45) is 5.92 Å². The van der Waals surface area contributed by atoms with Crippen LogP contribution < -0.4 is 14.8 Å². The van der Waals surface area contributed by atoms with Crippen molar-refractivity contribution in [1.82, 2.24) is 15.0 Å². The third kappa shape index (κ3) is 6.91. The van der Waals surface area contributed by atoms with Crippen molar-refractivity contribution in [3.05, 3.63) is 59.2 Å². The van der Waals surface area contributed by atoms with E-state index in [9.17, 15) is 0 Å². The van der Waals surface area contributed by atoms with Crippen LogP contribution in [0.4, 0.5) is 0 Å². The van der Waals surface area contributed by atoms with Gasteiger partial charge < -0.3 is 15.0 Å². The van der Waals surface area contributed by atoms with Crippen molar-refractivity contribution in [3.63, 3.8) is 0 Å². The van der Waals surface area contributed by atoms with Gasteiger partial charge in [0, 0.05) is 33.6 Å². The molecule has 0 spiro atoms. The molecule has 1 saturated heterocycles. The van der Waals surface area contributed by atoms with E-state index in [4.69, 9.17) is 16.3 Å². The lowest BCUT2D eigenvalue weighted by Gasteiger charge is -2.22. The summed E-state index contributed by atoms with van der Waals surface area (Å²) < 4.78 is 9.39. The Hall–Kier alpha value is -1.66. The first-order valence-corrected chi connectivity index (χ1v) is 12.6. The Labute approximate surface area is 194 Å². The molecule has 0 radical (unpaired) electrons. The number of hydrogen-bond acceptors (Lipinski definition) is 4. The summed E-state index contributed by atoms with van der Waals surface area (Å²) in [5.74, 6) is 1.84. The number of benzene rings is 2. The molecule has 0 amide bonds. The molecular formula is C25H32ClN3OS. The molecule has 6 heteroatoms. The molecule has 3 N–H and O–H groups in total. The maximum absolute atomic E-state index is 6.14. The predicted octanol–water partition coefficient (Wildman–Crippen LogP) is 6.21. The lowest BCUT2D eigenvalue weighted by Crippen LogP contribution is -2.27. The van der Waals surface area contributed by atoms with Crippen molar-refractivity contribution in [3.8, 4) is 5.75 Å². The first-order valence-electron chi connectivity index (χ1n) is 11.4. The average Bonchev–Trinajstić information content (AvgIpc) is 3.20. The molecule has 0 bridgehead atoms. The van der Waals surface area contributed by atoms with E-state index in [0.717, 1.165) is 54.6 Å². The van der Waals surface area contributed by atoms with Crippen LogP contribution in [0.2, 0.25) is 5.02 Å². The maximum atomic E-state index is 6.14. The highest BCUT2D eigenvalue weighted by Crippen LogP contribution is 2.24. The van der Waals surface area contributed by atoms with E-state index in [1.165, 1.54) is 48.2 Å². The van der Waals surface area contributed by atoms with Crippen LogP contribution >= 0.6 is 23.5 Å². The minimum atomic E-state index is 0.788. The van der Waals surface area contributed by atoms with Gasteiger partial charge in [0.1, 0.15) is 5.75 Å². The normalized spacial score (nSPS) is 14.9. The summed E-state index contributed by atoms with van der Waals surface area (Å²) in [6.07, 6.45) is 9.25. The molecule has 0 unspecified atom stereocenters. The lowest BCUT2D eigenvalue weighted by atomic mass is 9.93. The zero-order chi connectivity index (χ0) is 21.3. The Morgan fingerprint density at radius 3 is 2.74 bits per heavy atom. The second-order valence-electron chi connectivity index (χ2n) is 8.26. The number of halogens is 1. The van der Waals surface area contributed by atoms with Crippen molar-refractivity contribution >= 4 is 34.5 Å². The van der Waals surface area contributed by atoms with Crippen molar-refractivity contribution < 1.29 is 4.74 Å². The number of fused-ring (bicyclic) bond motifs is 1.